The highest BCUT2D eigenvalue weighted by Crippen LogP contribution is 2.23. The van der Waals surface area contributed by atoms with Crippen molar-refractivity contribution in [1.82, 2.24) is 0 Å². The van der Waals surface area contributed by atoms with Crippen LogP contribution in [0.1, 0.15) is 16.5 Å². The van der Waals surface area contributed by atoms with E-state index in [-0.39, 0.29) is 0 Å². The van der Waals surface area contributed by atoms with Gasteiger partial charge in [0.05, 0.1) is 6.07 Å². The van der Waals surface area contributed by atoms with Crippen LogP contribution >= 0.6 is 11.3 Å². The van der Waals surface area contributed by atoms with Crippen LogP contribution in [0.5, 0.6) is 0 Å². The molecule has 11 heavy (non-hydrogen) atoms. The van der Waals surface area contributed by atoms with E-state index in [0.29, 0.717) is 0 Å². The standard InChI is InChI=1S/C8H9NOS/c1-6-7(3-4-11-6)8(5-9)10-2/h3-4,8H,1-2H3. The Morgan fingerprint density at radius 3 is 2.82 bits per heavy atom. The van der Waals surface area contributed by atoms with Gasteiger partial charge < -0.3 is 4.74 Å². The van der Waals surface area contributed by atoms with Crippen LogP contribution in [-0.2, 0) is 4.74 Å². The molecular weight excluding hydrogens is 158 g/mol. The molecule has 0 spiro atoms. The number of methoxy groups -OCH3 is 1. The first-order valence-electron chi connectivity index (χ1n) is 3.26. The van der Waals surface area contributed by atoms with Gasteiger partial charge in [0.2, 0.25) is 0 Å². The predicted molar refractivity (Wildman–Crippen MR) is 44.4 cm³/mol. The van der Waals surface area contributed by atoms with Crippen LogP contribution in [0.4, 0.5) is 0 Å². The van der Waals surface area contributed by atoms with Crippen molar-refractivity contribution in [3.63, 3.8) is 0 Å². The largest absolute Gasteiger partial charge is 0.362 e. The van der Waals surface area contributed by atoms with Gasteiger partial charge in [0.25, 0.3) is 0 Å². The zero-order chi connectivity index (χ0) is 8.27. The molecule has 1 aromatic heterocycles. The normalized spacial score (nSPS) is 12.5. The van der Waals surface area contributed by atoms with Crippen LogP contribution in [0.3, 0.4) is 0 Å². The van der Waals surface area contributed by atoms with E-state index >= 15 is 0 Å². The number of nitriles is 1. The summed E-state index contributed by atoms with van der Waals surface area (Å²) in [7, 11) is 1.55. The summed E-state index contributed by atoms with van der Waals surface area (Å²) in [5, 5.41) is 10.6. The highest BCUT2D eigenvalue weighted by Gasteiger charge is 2.11. The summed E-state index contributed by atoms with van der Waals surface area (Å²) >= 11 is 1.63. The average molecular weight is 167 g/mol. The number of hydrogen-bond donors (Lipinski definition) is 0. The van der Waals surface area contributed by atoms with Crippen molar-refractivity contribution in [2.45, 2.75) is 13.0 Å². The minimum Gasteiger partial charge on any atom is -0.362 e. The molecule has 1 atom stereocenters. The number of thiophene rings is 1. The maximum absolute atomic E-state index is 8.65. The number of rotatable bonds is 2. The average Bonchev–Trinajstić information content (AvgIpc) is 2.40. The van der Waals surface area contributed by atoms with Crippen LogP contribution in [0, 0.1) is 18.3 Å². The molecule has 0 aromatic carbocycles. The van der Waals surface area contributed by atoms with Crippen molar-refractivity contribution in [3.8, 4) is 6.07 Å². The summed E-state index contributed by atoms with van der Waals surface area (Å²) in [5.74, 6) is 0. The summed E-state index contributed by atoms with van der Waals surface area (Å²) in [6.45, 7) is 1.99. The van der Waals surface area contributed by atoms with Crippen LogP contribution in [0.2, 0.25) is 0 Å². The molecule has 0 fully saturated rings. The first-order chi connectivity index (χ1) is 5.29. The molecule has 0 amide bonds. The fourth-order valence-electron chi connectivity index (χ4n) is 0.916. The highest BCUT2D eigenvalue weighted by molar-refractivity contribution is 7.10. The van der Waals surface area contributed by atoms with Gasteiger partial charge in [-0.15, -0.1) is 11.3 Å². The van der Waals surface area contributed by atoms with Crippen LogP contribution in [0.15, 0.2) is 11.4 Å². The zero-order valence-corrected chi connectivity index (χ0v) is 7.31. The zero-order valence-electron chi connectivity index (χ0n) is 6.50. The van der Waals surface area contributed by atoms with Crippen LogP contribution in [0.25, 0.3) is 0 Å². The Labute approximate surface area is 70.0 Å². The fourth-order valence-corrected chi connectivity index (χ4v) is 1.65. The third-order valence-electron chi connectivity index (χ3n) is 1.53. The maximum atomic E-state index is 8.65. The third kappa shape index (κ3) is 1.59. The van der Waals surface area contributed by atoms with Gasteiger partial charge in [0, 0.05) is 17.6 Å². The second kappa shape index (κ2) is 3.51. The second-order valence-corrected chi connectivity index (χ2v) is 3.30. The van der Waals surface area contributed by atoms with Crippen molar-refractivity contribution in [1.29, 1.82) is 5.26 Å². The molecule has 0 saturated heterocycles. The van der Waals surface area contributed by atoms with Crippen molar-refractivity contribution < 1.29 is 4.74 Å². The lowest BCUT2D eigenvalue weighted by atomic mass is 10.2. The Balaban J connectivity index is 2.92. The van der Waals surface area contributed by atoms with Gasteiger partial charge in [0.15, 0.2) is 6.10 Å². The van der Waals surface area contributed by atoms with Gasteiger partial charge in [-0.2, -0.15) is 5.26 Å². The molecule has 0 saturated carbocycles. The first kappa shape index (κ1) is 8.25. The number of hydrogen-bond acceptors (Lipinski definition) is 3. The molecular formula is C8H9NOS. The van der Waals surface area contributed by atoms with Gasteiger partial charge in [-0.1, -0.05) is 0 Å². The van der Waals surface area contributed by atoms with E-state index < -0.39 is 6.10 Å². The number of nitrogens with zero attached hydrogens (tertiary/aromatic N) is 1. The minimum atomic E-state index is -0.402. The maximum Gasteiger partial charge on any atom is 0.169 e. The van der Waals surface area contributed by atoms with E-state index in [9.17, 15) is 0 Å². The Morgan fingerprint density at radius 2 is 2.45 bits per heavy atom. The monoisotopic (exact) mass is 167 g/mol. The molecule has 3 heteroatoms. The molecule has 0 aliphatic rings. The van der Waals surface area contributed by atoms with Crippen molar-refractivity contribution in [3.05, 3.63) is 21.9 Å². The van der Waals surface area contributed by atoms with Gasteiger partial charge in [-0.3, -0.25) is 0 Å². The third-order valence-corrected chi connectivity index (χ3v) is 2.40. The van der Waals surface area contributed by atoms with Gasteiger partial charge in [-0.25, -0.2) is 0 Å². The van der Waals surface area contributed by atoms with E-state index in [0.717, 1.165) is 10.4 Å². The van der Waals surface area contributed by atoms with Gasteiger partial charge >= 0.3 is 0 Å². The van der Waals surface area contributed by atoms with E-state index in [1.54, 1.807) is 18.4 Å². The molecule has 0 aliphatic carbocycles. The topological polar surface area (TPSA) is 33.0 Å². The summed E-state index contributed by atoms with van der Waals surface area (Å²) < 4.78 is 4.97. The first-order valence-corrected chi connectivity index (χ1v) is 4.14. The van der Waals surface area contributed by atoms with Gasteiger partial charge in [0.1, 0.15) is 0 Å². The molecule has 58 valence electrons. The Morgan fingerprint density at radius 1 is 1.73 bits per heavy atom. The molecule has 1 aromatic rings. The van der Waals surface area contributed by atoms with Crippen LogP contribution in [-0.4, -0.2) is 7.11 Å². The second-order valence-electron chi connectivity index (χ2n) is 2.18. The summed E-state index contributed by atoms with van der Waals surface area (Å²) in [6, 6.07) is 4.01. The number of ether oxygens (including phenoxy) is 1. The SMILES string of the molecule is COC(C#N)c1ccsc1C. The lowest BCUT2D eigenvalue weighted by Gasteiger charge is -2.04. The molecule has 0 bridgehead atoms. The van der Waals surface area contributed by atoms with E-state index in [4.69, 9.17) is 10.00 Å². The summed E-state index contributed by atoms with van der Waals surface area (Å²) in [4.78, 5) is 1.15. The molecule has 2 nitrogen and oxygen atoms in total. The van der Waals surface area contributed by atoms with Crippen LogP contribution < -0.4 is 0 Å². The molecule has 0 radical (unpaired) electrons. The molecule has 0 N–H and O–H groups in total. The van der Waals surface area contributed by atoms with Crippen molar-refractivity contribution >= 4 is 11.3 Å². The molecule has 1 unspecified atom stereocenters. The Kier molecular flexibility index (Phi) is 2.64. The van der Waals surface area contributed by atoms with E-state index in [1.807, 2.05) is 18.4 Å². The molecule has 1 rings (SSSR count). The van der Waals surface area contributed by atoms with Crippen molar-refractivity contribution in [2.24, 2.45) is 0 Å². The van der Waals surface area contributed by atoms with E-state index in [1.165, 1.54) is 0 Å². The quantitative estimate of drug-likeness (QED) is 0.677. The Bertz CT molecular complexity index is 274. The fraction of sp³-hybridized carbons (Fsp3) is 0.375. The lowest BCUT2D eigenvalue weighted by molar-refractivity contribution is 0.148. The summed E-state index contributed by atoms with van der Waals surface area (Å²) in [6.07, 6.45) is -0.402. The van der Waals surface area contributed by atoms with Gasteiger partial charge in [-0.05, 0) is 18.4 Å². The molecule has 1 heterocycles. The lowest BCUT2D eigenvalue weighted by Crippen LogP contribution is -1.97. The number of aryl methyl sites for hydroxylation is 1. The predicted octanol–water partition coefficient (Wildman–Crippen LogP) is 2.27. The van der Waals surface area contributed by atoms with Crippen molar-refractivity contribution in [2.75, 3.05) is 7.11 Å². The highest BCUT2D eigenvalue weighted by atomic mass is 32.1. The Hall–Kier alpha value is -0.850. The summed E-state index contributed by atoms with van der Waals surface area (Å²) in [5.41, 5.74) is 0.986. The minimum absolute atomic E-state index is 0.402. The van der Waals surface area contributed by atoms with E-state index in [2.05, 4.69) is 6.07 Å². The smallest absolute Gasteiger partial charge is 0.169 e. The molecule has 0 aliphatic heterocycles.